The van der Waals surface area contributed by atoms with Crippen molar-refractivity contribution in [3.63, 3.8) is 0 Å². The lowest BCUT2D eigenvalue weighted by Gasteiger charge is -2.30. The predicted octanol–water partition coefficient (Wildman–Crippen LogP) is 4.12. The number of alkyl halides is 6. The Morgan fingerprint density at radius 1 is 0.977 bits per heavy atom. The van der Waals surface area contributed by atoms with E-state index in [-0.39, 0.29) is 35.8 Å². The van der Waals surface area contributed by atoms with Crippen LogP contribution in [-0.2, 0) is 9.59 Å². The SMILES string of the molecule is CCC(CC)NC(=O)c1nc(NC2CCCCC2N=C(N)N)c2cc(C)ccc2n1.O=C(O)C(F)(F)F.O=C(O)C(F)(F)F. The van der Waals surface area contributed by atoms with Gasteiger partial charge >= 0.3 is 24.3 Å². The zero-order valence-corrected chi connectivity index (χ0v) is 24.1. The zero-order chi connectivity index (χ0) is 33.8. The number of carbonyl (C=O) groups excluding carboxylic acids is 1. The maximum Gasteiger partial charge on any atom is 0.490 e. The Morgan fingerprint density at radius 2 is 1.50 bits per heavy atom. The number of guanidine groups is 1. The number of hydrogen-bond acceptors (Lipinski definition) is 7. The van der Waals surface area contributed by atoms with Crippen LogP contribution in [0.25, 0.3) is 10.9 Å². The molecule has 12 nitrogen and oxygen atoms in total. The molecule has 1 aromatic carbocycles. The van der Waals surface area contributed by atoms with Crippen LogP contribution in [0.4, 0.5) is 32.2 Å². The molecule has 44 heavy (non-hydrogen) atoms. The Hall–Kier alpha value is -4.38. The average molecular weight is 640 g/mol. The summed E-state index contributed by atoms with van der Waals surface area (Å²) in [7, 11) is 0. The van der Waals surface area contributed by atoms with Crippen molar-refractivity contribution < 1.29 is 50.9 Å². The molecule has 1 aromatic heterocycles. The number of rotatable bonds is 7. The van der Waals surface area contributed by atoms with Gasteiger partial charge in [-0.05, 0) is 44.7 Å². The first kappa shape index (κ1) is 37.6. The standard InChI is InChI=1S/C22H33N7O.2C2HF3O2/c1-4-14(5-2)25-21(30)20-26-16-11-10-13(3)12-15(16)19(29-20)27-17-8-6-7-9-18(17)28-22(23)24;2*3-2(4,5)1(6)7/h10-12,14,17-18H,4-9H2,1-3H3,(H,25,30)(H4,23,24,28)(H,26,27,29);2*(H,6,7). The molecule has 0 saturated heterocycles. The molecule has 0 radical (unpaired) electrons. The Labute approximate surface area is 248 Å². The van der Waals surface area contributed by atoms with Crippen molar-refractivity contribution >= 4 is 40.5 Å². The number of aliphatic imine (C=N–C) groups is 1. The number of amides is 1. The first-order valence-corrected chi connectivity index (χ1v) is 13.3. The van der Waals surface area contributed by atoms with Crippen molar-refractivity contribution in [2.24, 2.45) is 16.5 Å². The van der Waals surface area contributed by atoms with Gasteiger partial charge in [-0.1, -0.05) is 38.3 Å². The van der Waals surface area contributed by atoms with Crippen LogP contribution in [0.1, 0.15) is 68.6 Å². The number of aromatic nitrogens is 2. The smallest absolute Gasteiger partial charge is 0.475 e. The van der Waals surface area contributed by atoms with Gasteiger partial charge in [-0.3, -0.25) is 4.79 Å². The van der Waals surface area contributed by atoms with E-state index >= 15 is 0 Å². The fourth-order valence-electron chi connectivity index (χ4n) is 4.00. The zero-order valence-electron chi connectivity index (χ0n) is 24.1. The highest BCUT2D eigenvalue weighted by atomic mass is 19.4. The van der Waals surface area contributed by atoms with Gasteiger partial charge in [0.15, 0.2) is 5.96 Å². The summed E-state index contributed by atoms with van der Waals surface area (Å²) in [5.41, 5.74) is 13.1. The van der Waals surface area contributed by atoms with E-state index in [0.717, 1.165) is 55.0 Å². The molecule has 1 saturated carbocycles. The summed E-state index contributed by atoms with van der Waals surface area (Å²) < 4.78 is 63.5. The van der Waals surface area contributed by atoms with Crippen molar-refractivity contribution in [3.8, 4) is 0 Å². The summed E-state index contributed by atoms with van der Waals surface area (Å²) in [4.78, 5) is 44.2. The molecular weight excluding hydrogens is 604 g/mol. The summed E-state index contributed by atoms with van der Waals surface area (Å²) in [5, 5.41) is 21.7. The molecule has 0 spiro atoms. The normalized spacial score (nSPS) is 16.5. The second-order valence-electron chi connectivity index (χ2n) is 9.67. The van der Waals surface area contributed by atoms with Crippen molar-refractivity contribution in [2.45, 2.75) is 89.8 Å². The number of nitrogens with two attached hydrogens (primary N) is 2. The molecule has 1 aliphatic rings. The number of hydrogen-bond donors (Lipinski definition) is 6. The number of aliphatic carboxylic acids is 2. The van der Waals surface area contributed by atoms with Gasteiger partial charge in [0.25, 0.3) is 5.91 Å². The van der Waals surface area contributed by atoms with Gasteiger partial charge in [0.2, 0.25) is 5.82 Å². The molecule has 18 heteroatoms. The molecule has 2 atom stereocenters. The first-order valence-electron chi connectivity index (χ1n) is 13.3. The lowest BCUT2D eigenvalue weighted by atomic mass is 9.90. The second kappa shape index (κ2) is 16.5. The number of aryl methyl sites for hydroxylation is 1. The quantitative estimate of drug-likeness (QED) is 0.145. The molecular formula is C26H35F6N7O5. The maximum atomic E-state index is 12.8. The van der Waals surface area contributed by atoms with Crippen LogP contribution in [0.2, 0.25) is 0 Å². The molecule has 0 bridgehead atoms. The minimum absolute atomic E-state index is 0.0135. The molecule has 246 valence electrons. The van der Waals surface area contributed by atoms with Crippen molar-refractivity contribution in [3.05, 3.63) is 29.6 Å². The number of benzene rings is 1. The average Bonchev–Trinajstić information content (AvgIpc) is 2.92. The second-order valence-corrected chi connectivity index (χ2v) is 9.67. The molecule has 1 heterocycles. The van der Waals surface area contributed by atoms with Crippen LogP contribution in [0.15, 0.2) is 23.2 Å². The van der Waals surface area contributed by atoms with Crippen LogP contribution < -0.4 is 22.1 Å². The number of carbonyl (C=O) groups is 3. The van der Waals surface area contributed by atoms with Gasteiger partial charge in [-0.25, -0.2) is 24.5 Å². The van der Waals surface area contributed by atoms with Crippen LogP contribution in [-0.4, -0.2) is 74.5 Å². The van der Waals surface area contributed by atoms with Crippen LogP contribution in [0.3, 0.4) is 0 Å². The van der Waals surface area contributed by atoms with E-state index in [1.54, 1.807) is 0 Å². The van der Waals surface area contributed by atoms with Gasteiger partial charge in [-0.15, -0.1) is 0 Å². The minimum atomic E-state index is -5.08. The third-order valence-corrected chi connectivity index (χ3v) is 6.23. The number of nitrogens with zero attached hydrogens (tertiary/aromatic N) is 3. The van der Waals surface area contributed by atoms with Crippen molar-refractivity contribution in [1.82, 2.24) is 15.3 Å². The van der Waals surface area contributed by atoms with Crippen molar-refractivity contribution in [2.75, 3.05) is 5.32 Å². The van der Waals surface area contributed by atoms with Crippen LogP contribution in [0, 0.1) is 6.92 Å². The van der Waals surface area contributed by atoms with Crippen molar-refractivity contribution in [1.29, 1.82) is 0 Å². The Morgan fingerprint density at radius 3 is 1.98 bits per heavy atom. The van der Waals surface area contributed by atoms with E-state index in [0.29, 0.717) is 5.82 Å². The Kier molecular flexibility index (Phi) is 14.1. The number of fused-ring (bicyclic) bond motifs is 1. The number of carboxylic acids is 2. The summed E-state index contributed by atoms with van der Waals surface area (Å²) in [6, 6.07) is 6.11. The summed E-state index contributed by atoms with van der Waals surface area (Å²) in [6.45, 7) is 6.14. The summed E-state index contributed by atoms with van der Waals surface area (Å²) >= 11 is 0. The lowest BCUT2D eigenvalue weighted by Crippen LogP contribution is -2.39. The van der Waals surface area contributed by atoms with Crippen LogP contribution >= 0.6 is 0 Å². The Balaban J connectivity index is 0.000000574. The molecule has 3 rings (SSSR count). The van der Waals surface area contributed by atoms with E-state index in [4.69, 9.17) is 31.3 Å². The Bertz CT molecular complexity index is 1290. The van der Waals surface area contributed by atoms with Crippen LogP contribution in [0.5, 0.6) is 0 Å². The highest BCUT2D eigenvalue weighted by Gasteiger charge is 2.39. The maximum absolute atomic E-state index is 12.8. The number of anilines is 1. The fraction of sp³-hybridized carbons (Fsp3) is 0.538. The van der Waals surface area contributed by atoms with E-state index < -0.39 is 24.3 Å². The van der Waals surface area contributed by atoms with E-state index in [1.165, 1.54) is 0 Å². The van der Waals surface area contributed by atoms with Gasteiger partial charge in [-0.2, -0.15) is 26.3 Å². The first-order chi connectivity index (χ1) is 20.3. The van der Waals surface area contributed by atoms with E-state index in [9.17, 15) is 31.1 Å². The minimum Gasteiger partial charge on any atom is -0.475 e. The van der Waals surface area contributed by atoms with E-state index in [1.807, 2.05) is 25.1 Å². The topological polar surface area (TPSA) is 206 Å². The molecule has 2 aromatic rings. The molecule has 0 aliphatic heterocycles. The fourth-order valence-corrected chi connectivity index (χ4v) is 4.00. The molecule has 1 amide bonds. The molecule has 8 N–H and O–H groups in total. The number of nitrogens with one attached hydrogen (secondary N) is 2. The predicted molar refractivity (Wildman–Crippen MR) is 149 cm³/mol. The summed E-state index contributed by atoms with van der Waals surface area (Å²) in [6.07, 6.45) is -4.40. The van der Waals surface area contributed by atoms with Gasteiger partial charge in [0.1, 0.15) is 5.82 Å². The number of halogens is 6. The largest absolute Gasteiger partial charge is 0.490 e. The lowest BCUT2D eigenvalue weighted by molar-refractivity contribution is -0.193. The monoisotopic (exact) mass is 639 g/mol. The third kappa shape index (κ3) is 12.5. The van der Waals surface area contributed by atoms with E-state index in [2.05, 4.69) is 39.4 Å². The van der Waals surface area contributed by atoms with Gasteiger partial charge < -0.3 is 32.3 Å². The third-order valence-electron chi connectivity index (χ3n) is 6.23. The molecule has 1 aliphatic carbocycles. The summed E-state index contributed by atoms with van der Waals surface area (Å²) in [5.74, 6) is -4.84. The van der Waals surface area contributed by atoms with Gasteiger partial charge in [0.05, 0.1) is 17.6 Å². The van der Waals surface area contributed by atoms with Gasteiger partial charge in [0, 0.05) is 11.4 Å². The molecule has 1 fully saturated rings. The molecule has 2 unspecified atom stereocenters. The number of carboxylic acid groups (broad SMARTS) is 2. The highest BCUT2D eigenvalue weighted by molar-refractivity contribution is 5.96. The highest BCUT2D eigenvalue weighted by Crippen LogP contribution is 2.28.